The van der Waals surface area contributed by atoms with Crippen LogP contribution in [0.5, 0.6) is 0 Å². The van der Waals surface area contributed by atoms with Crippen molar-refractivity contribution in [2.75, 3.05) is 19.4 Å². The first kappa shape index (κ1) is 21.6. The third-order valence-electron chi connectivity index (χ3n) is 7.30. The number of hydrogen-bond donors (Lipinski definition) is 2. The van der Waals surface area contributed by atoms with Gasteiger partial charge in [-0.05, 0) is 35.4 Å². The summed E-state index contributed by atoms with van der Waals surface area (Å²) in [5.41, 5.74) is 1.06. The van der Waals surface area contributed by atoms with Crippen LogP contribution in [0.15, 0.2) is 18.2 Å². The largest absolute Gasteiger partial charge is 0.347 e. The maximum absolute atomic E-state index is 13.8. The van der Waals surface area contributed by atoms with Gasteiger partial charge in [0.15, 0.2) is 0 Å². The number of carbonyl (C=O) groups excluding carboxylic acids is 2. The summed E-state index contributed by atoms with van der Waals surface area (Å²) < 4.78 is 0. The molecule has 3 aliphatic rings. The molecule has 2 aliphatic heterocycles. The second-order valence-electron chi connectivity index (χ2n) is 10.8. The maximum Gasteiger partial charge on any atom is 0.239 e. The Morgan fingerprint density at radius 3 is 2.50 bits per heavy atom. The minimum Gasteiger partial charge on any atom is -0.347 e. The van der Waals surface area contributed by atoms with Gasteiger partial charge in [0, 0.05) is 36.8 Å². The van der Waals surface area contributed by atoms with E-state index in [9.17, 15) is 9.59 Å². The van der Waals surface area contributed by atoms with Gasteiger partial charge in [-0.1, -0.05) is 64.1 Å². The van der Waals surface area contributed by atoms with Gasteiger partial charge in [0.05, 0.1) is 11.5 Å². The Bertz CT molecular complexity index is 856. The minimum atomic E-state index is -0.751. The van der Waals surface area contributed by atoms with Gasteiger partial charge in [0.25, 0.3) is 0 Å². The summed E-state index contributed by atoms with van der Waals surface area (Å²) in [5, 5.41) is 7.44. The molecule has 1 saturated carbocycles. The van der Waals surface area contributed by atoms with E-state index >= 15 is 0 Å². The van der Waals surface area contributed by atoms with Crippen molar-refractivity contribution in [3.05, 3.63) is 28.8 Å². The SMILES string of the molecule is CN(C)C(=O)C1NC(CC(C)(C)C)C2(C(=O)Nc3cc(Cl)ccc32)C1C1CCCC1. The Morgan fingerprint density at radius 2 is 1.90 bits per heavy atom. The van der Waals surface area contributed by atoms with Crippen LogP contribution in [-0.2, 0) is 15.0 Å². The fraction of sp³-hybridized carbons (Fsp3) is 0.667. The molecule has 4 unspecified atom stereocenters. The average molecular weight is 432 g/mol. The predicted molar refractivity (Wildman–Crippen MR) is 121 cm³/mol. The molecule has 0 bridgehead atoms. The van der Waals surface area contributed by atoms with Crippen LogP contribution >= 0.6 is 11.6 Å². The molecule has 1 aromatic carbocycles. The normalized spacial score (nSPS) is 31.3. The van der Waals surface area contributed by atoms with E-state index in [0.717, 1.165) is 30.5 Å². The van der Waals surface area contributed by atoms with Gasteiger partial charge in [-0.25, -0.2) is 0 Å². The van der Waals surface area contributed by atoms with Gasteiger partial charge >= 0.3 is 0 Å². The van der Waals surface area contributed by atoms with E-state index < -0.39 is 5.41 Å². The fourth-order valence-electron chi connectivity index (χ4n) is 6.25. The van der Waals surface area contributed by atoms with Crippen molar-refractivity contribution in [2.24, 2.45) is 17.3 Å². The molecule has 1 aliphatic carbocycles. The number of nitrogens with one attached hydrogen (secondary N) is 2. The van der Waals surface area contributed by atoms with E-state index in [4.69, 9.17) is 11.6 Å². The highest BCUT2D eigenvalue weighted by Crippen LogP contribution is 2.57. The number of amides is 2. The van der Waals surface area contributed by atoms with Crippen LogP contribution in [-0.4, -0.2) is 42.9 Å². The second-order valence-corrected chi connectivity index (χ2v) is 11.2. The highest BCUT2D eigenvalue weighted by molar-refractivity contribution is 6.31. The Morgan fingerprint density at radius 1 is 1.23 bits per heavy atom. The van der Waals surface area contributed by atoms with Gasteiger partial charge in [0.1, 0.15) is 0 Å². The van der Waals surface area contributed by atoms with Crippen LogP contribution in [0.2, 0.25) is 5.02 Å². The number of hydrogen-bond acceptors (Lipinski definition) is 3. The lowest BCUT2D eigenvalue weighted by atomic mass is 9.60. The molecule has 0 aromatic heterocycles. The van der Waals surface area contributed by atoms with E-state index in [1.54, 1.807) is 4.90 Å². The van der Waals surface area contributed by atoms with Crippen molar-refractivity contribution in [2.45, 2.75) is 70.4 Å². The highest BCUT2D eigenvalue weighted by Gasteiger charge is 2.66. The third-order valence-corrected chi connectivity index (χ3v) is 7.53. The van der Waals surface area contributed by atoms with Crippen molar-refractivity contribution < 1.29 is 9.59 Å². The molecule has 2 amide bonds. The average Bonchev–Trinajstić information content (AvgIpc) is 3.32. The number of anilines is 1. The lowest BCUT2D eigenvalue weighted by Crippen LogP contribution is -2.52. The first-order chi connectivity index (χ1) is 14.1. The van der Waals surface area contributed by atoms with Crippen molar-refractivity contribution in [3.63, 3.8) is 0 Å². The smallest absolute Gasteiger partial charge is 0.239 e. The molecule has 5 nitrogen and oxygen atoms in total. The van der Waals surface area contributed by atoms with Crippen molar-refractivity contribution in [1.29, 1.82) is 0 Å². The predicted octanol–water partition coefficient (Wildman–Crippen LogP) is 4.20. The number of carbonyl (C=O) groups is 2. The molecule has 1 aromatic rings. The Kier molecular flexibility index (Phi) is 5.43. The molecular weight excluding hydrogens is 398 g/mol. The number of rotatable bonds is 3. The first-order valence-electron chi connectivity index (χ1n) is 11.1. The molecule has 1 spiro atoms. The summed E-state index contributed by atoms with van der Waals surface area (Å²) in [6.45, 7) is 6.59. The molecule has 164 valence electrons. The molecule has 2 heterocycles. The first-order valence-corrected chi connectivity index (χ1v) is 11.5. The Labute approximate surface area is 184 Å². The quantitative estimate of drug-likeness (QED) is 0.753. The molecule has 4 rings (SSSR count). The number of nitrogens with zero attached hydrogens (tertiary/aromatic N) is 1. The number of halogens is 1. The summed E-state index contributed by atoms with van der Waals surface area (Å²) in [6.07, 6.45) is 5.29. The highest BCUT2D eigenvalue weighted by atomic mass is 35.5. The van der Waals surface area contributed by atoms with Crippen molar-refractivity contribution >= 4 is 29.1 Å². The standard InChI is InChI=1S/C24H34ClN3O2/c1-23(2,3)13-18-24(16-11-10-15(25)12-17(16)26-22(24)30)19(14-8-6-7-9-14)20(27-18)21(29)28(4)5/h10-12,14,18-20,27H,6-9,13H2,1-5H3,(H,26,30). The summed E-state index contributed by atoms with van der Waals surface area (Å²) >= 11 is 6.27. The van der Waals surface area contributed by atoms with E-state index in [2.05, 4.69) is 31.4 Å². The summed E-state index contributed by atoms with van der Waals surface area (Å²) in [7, 11) is 3.61. The van der Waals surface area contributed by atoms with Gasteiger partial charge in [0.2, 0.25) is 11.8 Å². The lowest BCUT2D eigenvalue weighted by molar-refractivity contribution is -0.132. The van der Waals surface area contributed by atoms with Crippen LogP contribution in [0, 0.1) is 17.3 Å². The molecule has 2 N–H and O–H groups in total. The van der Waals surface area contributed by atoms with E-state index in [1.165, 1.54) is 12.8 Å². The summed E-state index contributed by atoms with van der Waals surface area (Å²) in [6, 6.07) is 5.27. The van der Waals surface area contributed by atoms with Crippen LogP contribution in [0.3, 0.4) is 0 Å². The van der Waals surface area contributed by atoms with Crippen LogP contribution in [0.1, 0.15) is 58.4 Å². The fourth-order valence-corrected chi connectivity index (χ4v) is 6.42. The van der Waals surface area contributed by atoms with Crippen LogP contribution in [0.4, 0.5) is 5.69 Å². The molecule has 1 saturated heterocycles. The number of fused-ring (bicyclic) bond motifs is 2. The Balaban J connectivity index is 1.92. The molecule has 30 heavy (non-hydrogen) atoms. The number of likely N-dealkylation sites (N-methyl/N-ethyl adjacent to an activating group) is 1. The number of benzene rings is 1. The van der Waals surface area contributed by atoms with E-state index in [1.807, 2.05) is 32.3 Å². The van der Waals surface area contributed by atoms with Crippen molar-refractivity contribution in [1.82, 2.24) is 10.2 Å². The Hall–Kier alpha value is -1.59. The molecule has 0 radical (unpaired) electrons. The molecule has 2 fully saturated rings. The van der Waals surface area contributed by atoms with Gasteiger partial charge < -0.3 is 15.5 Å². The zero-order valence-corrected chi connectivity index (χ0v) is 19.5. The maximum atomic E-state index is 13.8. The monoisotopic (exact) mass is 431 g/mol. The van der Waals surface area contributed by atoms with Crippen LogP contribution in [0.25, 0.3) is 0 Å². The zero-order valence-electron chi connectivity index (χ0n) is 18.7. The summed E-state index contributed by atoms with van der Waals surface area (Å²) in [4.78, 5) is 28.9. The zero-order chi connectivity index (χ0) is 21.8. The third kappa shape index (κ3) is 3.34. The molecule has 6 heteroatoms. The molecular formula is C24H34ClN3O2. The second kappa shape index (κ2) is 7.52. The van der Waals surface area contributed by atoms with E-state index in [-0.39, 0.29) is 35.2 Å². The summed E-state index contributed by atoms with van der Waals surface area (Å²) in [5.74, 6) is 0.374. The van der Waals surface area contributed by atoms with Gasteiger partial charge in [-0.15, -0.1) is 0 Å². The minimum absolute atomic E-state index is 0.0103. The molecule has 4 atom stereocenters. The van der Waals surface area contributed by atoms with Gasteiger partial charge in [-0.2, -0.15) is 0 Å². The lowest BCUT2D eigenvalue weighted by Gasteiger charge is -2.40. The van der Waals surface area contributed by atoms with Crippen molar-refractivity contribution in [3.8, 4) is 0 Å². The van der Waals surface area contributed by atoms with Crippen LogP contribution < -0.4 is 10.6 Å². The van der Waals surface area contributed by atoms with Gasteiger partial charge in [-0.3, -0.25) is 9.59 Å². The topological polar surface area (TPSA) is 61.4 Å². The van der Waals surface area contributed by atoms with E-state index in [0.29, 0.717) is 10.9 Å².